The molecule has 8 nitrogen and oxygen atoms in total. The SMILES string of the molecule is CCc1n[nH]c(CN2CCC(c3nccc(-c4cnn(C)c4)n3)CC2)n1. The molecule has 0 bridgehead atoms. The Bertz CT molecular complexity index is 859. The molecule has 0 aromatic carbocycles. The van der Waals surface area contributed by atoms with E-state index in [4.69, 9.17) is 4.98 Å². The van der Waals surface area contributed by atoms with Crippen LogP contribution in [0.25, 0.3) is 11.3 Å². The molecule has 136 valence electrons. The fraction of sp³-hybridized carbons (Fsp3) is 0.500. The van der Waals surface area contributed by atoms with Crippen LogP contribution >= 0.6 is 0 Å². The molecule has 1 aliphatic heterocycles. The van der Waals surface area contributed by atoms with Crippen molar-refractivity contribution < 1.29 is 0 Å². The average Bonchev–Trinajstić information content (AvgIpc) is 3.31. The van der Waals surface area contributed by atoms with Gasteiger partial charge in [-0.25, -0.2) is 15.0 Å². The van der Waals surface area contributed by atoms with Gasteiger partial charge >= 0.3 is 0 Å². The van der Waals surface area contributed by atoms with Gasteiger partial charge in [0.15, 0.2) is 0 Å². The molecular weight excluding hydrogens is 328 g/mol. The highest BCUT2D eigenvalue weighted by atomic mass is 15.3. The highest BCUT2D eigenvalue weighted by Gasteiger charge is 2.23. The van der Waals surface area contributed by atoms with Crippen LogP contribution in [0.4, 0.5) is 0 Å². The molecule has 0 spiro atoms. The Labute approximate surface area is 152 Å². The van der Waals surface area contributed by atoms with Gasteiger partial charge in [-0.2, -0.15) is 10.2 Å². The Balaban J connectivity index is 1.38. The van der Waals surface area contributed by atoms with Crippen molar-refractivity contribution in [1.82, 2.24) is 39.8 Å². The molecule has 0 unspecified atom stereocenters. The number of rotatable bonds is 5. The normalized spacial score (nSPS) is 16.2. The summed E-state index contributed by atoms with van der Waals surface area (Å²) < 4.78 is 1.79. The first-order valence-electron chi connectivity index (χ1n) is 9.15. The lowest BCUT2D eigenvalue weighted by molar-refractivity contribution is 0.197. The molecule has 4 rings (SSSR count). The second-order valence-corrected chi connectivity index (χ2v) is 6.81. The van der Waals surface area contributed by atoms with Crippen LogP contribution < -0.4 is 0 Å². The summed E-state index contributed by atoms with van der Waals surface area (Å²) in [5, 5.41) is 11.5. The standard InChI is InChI=1S/C18H24N8/c1-3-16-22-17(24-23-16)12-26-8-5-13(6-9-26)18-19-7-4-15(21-18)14-10-20-25(2)11-14/h4,7,10-11,13H,3,5-6,8-9,12H2,1-2H3,(H,22,23,24). The van der Waals surface area contributed by atoms with Crippen LogP contribution in [0.5, 0.6) is 0 Å². The largest absolute Gasteiger partial charge is 0.296 e. The number of likely N-dealkylation sites (tertiary alicyclic amines) is 1. The quantitative estimate of drug-likeness (QED) is 0.755. The van der Waals surface area contributed by atoms with Crippen LogP contribution in [0.3, 0.4) is 0 Å². The minimum absolute atomic E-state index is 0.406. The maximum absolute atomic E-state index is 4.79. The van der Waals surface area contributed by atoms with Crippen molar-refractivity contribution in [2.75, 3.05) is 13.1 Å². The van der Waals surface area contributed by atoms with Crippen LogP contribution in [0.2, 0.25) is 0 Å². The van der Waals surface area contributed by atoms with E-state index < -0.39 is 0 Å². The van der Waals surface area contributed by atoms with E-state index >= 15 is 0 Å². The van der Waals surface area contributed by atoms with Crippen molar-refractivity contribution in [2.45, 2.75) is 38.6 Å². The second kappa shape index (κ2) is 7.33. The first-order chi connectivity index (χ1) is 12.7. The number of hydrogen-bond acceptors (Lipinski definition) is 6. The zero-order valence-electron chi connectivity index (χ0n) is 15.3. The summed E-state index contributed by atoms with van der Waals surface area (Å²) in [4.78, 5) is 16.2. The summed E-state index contributed by atoms with van der Waals surface area (Å²) in [6, 6.07) is 1.95. The fourth-order valence-electron chi connectivity index (χ4n) is 3.41. The molecule has 0 atom stereocenters. The van der Waals surface area contributed by atoms with Crippen molar-refractivity contribution in [3.63, 3.8) is 0 Å². The summed E-state index contributed by atoms with van der Waals surface area (Å²) >= 11 is 0. The third-order valence-electron chi connectivity index (χ3n) is 4.90. The lowest BCUT2D eigenvalue weighted by atomic mass is 9.95. The van der Waals surface area contributed by atoms with Gasteiger partial charge in [-0.05, 0) is 32.0 Å². The highest BCUT2D eigenvalue weighted by Crippen LogP contribution is 2.27. The first-order valence-corrected chi connectivity index (χ1v) is 9.15. The number of hydrogen-bond donors (Lipinski definition) is 1. The smallest absolute Gasteiger partial charge is 0.150 e. The Morgan fingerprint density at radius 2 is 2.08 bits per heavy atom. The summed E-state index contributed by atoms with van der Waals surface area (Å²) in [6.45, 7) is 4.94. The molecule has 1 aliphatic rings. The molecule has 1 N–H and O–H groups in total. The van der Waals surface area contributed by atoms with Gasteiger partial charge in [-0.1, -0.05) is 6.92 Å². The topological polar surface area (TPSA) is 88.4 Å². The van der Waals surface area contributed by atoms with E-state index in [-0.39, 0.29) is 0 Å². The molecule has 3 aromatic rings. The Kier molecular flexibility index (Phi) is 4.75. The third kappa shape index (κ3) is 3.65. The van der Waals surface area contributed by atoms with Gasteiger partial charge in [0, 0.05) is 37.3 Å². The van der Waals surface area contributed by atoms with E-state index in [0.29, 0.717) is 5.92 Å². The highest BCUT2D eigenvalue weighted by molar-refractivity contribution is 5.56. The van der Waals surface area contributed by atoms with Crippen molar-refractivity contribution in [3.8, 4) is 11.3 Å². The van der Waals surface area contributed by atoms with Crippen molar-refractivity contribution in [1.29, 1.82) is 0 Å². The number of aryl methyl sites for hydroxylation is 2. The van der Waals surface area contributed by atoms with Crippen molar-refractivity contribution in [2.24, 2.45) is 7.05 Å². The molecule has 0 aliphatic carbocycles. The molecule has 1 saturated heterocycles. The predicted molar refractivity (Wildman–Crippen MR) is 97.2 cm³/mol. The number of aromatic nitrogens is 7. The van der Waals surface area contributed by atoms with Crippen LogP contribution in [0.1, 0.15) is 43.2 Å². The second-order valence-electron chi connectivity index (χ2n) is 6.81. The van der Waals surface area contributed by atoms with E-state index in [9.17, 15) is 0 Å². The minimum atomic E-state index is 0.406. The number of nitrogens with zero attached hydrogens (tertiary/aromatic N) is 7. The summed E-state index contributed by atoms with van der Waals surface area (Å²) in [5.74, 6) is 3.19. The fourth-order valence-corrected chi connectivity index (χ4v) is 3.41. The Morgan fingerprint density at radius 1 is 1.23 bits per heavy atom. The zero-order valence-corrected chi connectivity index (χ0v) is 15.3. The molecular formula is C18H24N8. The third-order valence-corrected chi connectivity index (χ3v) is 4.90. The van der Waals surface area contributed by atoms with E-state index in [0.717, 1.165) is 67.6 Å². The lowest BCUT2D eigenvalue weighted by Gasteiger charge is -2.30. The predicted octanol–water partition coefficient (Wildman–Crippen LogP) is 1.94. The van der Waals surface area contributed by atoms with Gasteiger partial charge in [0.1, 0.15) is 17.5 Å². The molecule has 8 heteroatoms. The molecule has 0 radical (unpaired) electrons. The Morgan fingerprint density at radius 3 is 2.77 bits per heavy atom. The van der Waals surface area contributed by atoms with Gasteiger partial charge in [0.05, 0.1) is 18.4 Å². The van der Waals surface area contributed by atoms with E-state index in [1.54, 1.807) is 4.68 Å². The number of piperidine rings is 1. The first kappa shape index (κ1) is 16.8. The van der Waals surface area contributed by atoms with Gasteiger partial charge in [0.2, 0.25) is 0 Å². The molecule has 0 saturated carbocycles. The summed E-state index contributed by atoms with van der Waals surface area (Å²) in [7, 11) is 1.92. The molecule has 0 amide bonds. The van der Waals surface area contributed by atoms with Crippen molar-refractivity contribution in [3.05, 3.63) is 42.1 Å². The number of nitrogens with one attached hydrogen (secondary N) is 1. The van der Waals surface area contributed by atoms with E-state index in [1.807, 2.05) is 31.7 Å². The lowest BCUT2D eigenvalue weighted by Crippen LogP contribution is -2.33. The van der Waals surface area contributed by atoms with Gasteiger partial charge in [-0.3, -0.25) is 14.7 Å². The maximum atomic E-state index is 4.79. The molecule has 26 heavy (non-hydrogen) atoms. The van der Waals surface area contributed by atoms with E-state index in [2.05, 4.69) is 37.1 Å². The monoisotopic (exact) mass is 352 g/mol. The number of aromatic amines is 1. The average molecular weight is 352 g/mol. The molecule has 4 heterocycles. The van der Waals surface area contributed by atoms with Crippen LogP contribution in [0.15, 0.2) is 24.7 Å². The maximum Gasteiger partial charge on any atom is 0.150 e. The van der Waals surface area contributed by atoms with Gasteiger partial charge in [0.25, 0.3) is 0 Å². The van der Waals surface area contributed by atoms with E-state index in [1.165, 1.54) is 0 Å². The zero-order chi connectivity index (χ0) is 17.9. The van der Waals surface area contributed by atoms with Crippen LogP contribution in [-0.4, -0.2) is 52.9 Å². The van der Waals surface area contributed by atoms with Crippen LogP contribution in [0, 0.1) is 0 Å². The summed E-state index contributed by atoms with van der Waals surface area (Å²) in [5.41, 5.74) is 1.98. The molecule has 1 fully saturated rings. The minimum Gasteiger partial charge on any atom is -0.296 e. The molecule has 3 aromatic heterocycles. The van der Waals surface area contributed by atoms with Gasteiger partial charge in [-0.15, -0.1) is 0 Å². The van der Waals surface area contributed by atoms with Crippen LogP contribution in [-0.2, 0) is 20.0 Å². The van der Waals surface area contributed by atoms with Gasteiger partial charge < -0.3 is 0 Å². The number of H-pyrrole nitrogens is 1. The summed E-state index contributed by atoms with van der Waals surface area (Å²) in [6.07, 6.45) is 8.67. The van der Waals surface area contributed by atoms with Crippen molar-refractivity contribution >= 4 is 0 Å². The Hall–Kier alpha value is -2.61.